The van der Waals surface area contributed by atoms with Gasteiger partial charge in [-0.25, -0.2) is 4.79 Å². The number of nitro benzene ring substituents is 1. The molecule has 2 aromatic rings. The number of benzene rings is 1. The van der Waals surface area contributed by atoms with E-state index in [0.29, 0.717) is 0 Å². The van der Waals surface area contributed by atoms with E-state index in [1.54, 1.807) is 0 Å². The SMILES string of the molecule is Cn1c(O)c(C=Nc2cc([N+](=O)[O-])ccc2Cl)c(=O)n(C)c1=O. The summed E-state index contributed by atoms with van der Waals surface area (Å²) in [5.41, 5.74) is -1.86. The summed E-state index contributed by atoms with van der Waals surface area (Å²) in [4.78, 5) is 37.7. The molecule has 1 heterocycles. The Labute approximate surface area is 133 Å². The molecule has 0 aliphatic carbocycles. The van der Waals surface area contributed by atoms with Crippen molar-refractivity contribution in [2.45, 2.75) is 0 Å². The molecule has 120 valence electrons. The van der Waals surface area contributed by atoms with Gasteiger partial charge in [0.2, 0.25) is 5.88 Å². The number of nitro groups is 1. The van der Waals surface area contributed by atoms with Gasteiger partial charge in [0, 0.05) is 32.4 Å². The van der Waals surface area contributed by atoms with Gasteiger partial charge in [-0.15, -0.1) is 0 Å². The van der Waals surface area contributed by atoms with Crippen LogP contribution in [0, 0.1) is 10.1 Å². The van der Waals surface area contributed by atoms with Crippen LogP contribution in [-0.4, -0.2) is 25.4 Å². The minimum absolute atomic E-state index is 0.0520. The number of aromatic nitrogens is 2. The largest absolute Gasteiger partial charge is 0.494 e. The fourth-order valence-corrected chi connectivity index (χ4v) is 1.99. The molecule has 0 aliphatic heterocycles. The Hall–Kier alpha value is -2.94. The molecule has 1 N–H and O–H groups in total. The third-order valence-electron chi connectivity index (χ3n) is 3.14. The van der Waals surface area contributed by atoms with Crippen LogP contribution in [-0.2, 0) is 14.1 Å². The molecule has 1 aromatic carbocycles. The van der Waals surface area contributed by atoms with E-state index in [0.717, 1.165) is 21.4 Å². The first-order valence-electron chi connectivity index (χ1n) is 6.21. The Bertz CT molecular complexity index is 945. The zero-order valence-electron chi connectivity index (χ0n) is 12.1. The summed E-state index contributed by atoms with van der Waals surface area (Å²) in [7, 11) is 2.54. The highest BCUT2D eigenvalue weighted by Crippen LogP contribution is 2.29. The van der Waals surface area contributed by atoms with Crippen LogP contribution in [0.2, 0.25) is 5.02 Å². The van der Waals surface area contributed by atoms with E-state index >= 15 is 0 Å². The van der Waals surface area contributed by atoms with Gasteiger partial charge in [-0.3, -0.25) is 29.0 Å². The smallest absolute Gasteiger partial charge is 0.333 e. The van der Waals surface area contributed by atoms with Crippen LogP contribution < -0.4 is 11.2 Å². The molecule has 0 amide bonds. The molecule has 0 aliphatic rings. The highest BCUT2D eigenvalue weighted by molar-refractivity contribution is 6.33. The Morgan fingerprint density at radius 1 is 1.30 bits per heavy atom. The quantitative estimate of drug-likeness (QED) is 0.510. The van der Waals surface area contributed by atoms with Crippen LogP contribution >= 0.6 is 11.6 Å². The van der Waals surface area contributed by atoms with Crippen LogP contribution in [0.25, 0.3) is 0 Å². The lowest BCUT2D eigenvalue weighted by Crippen LogP contribution is -2.38. The number of non-ortho nitro benzene ring substituents is 1. The minimum Gasteiger partial charge on any atom is -0.494 e. The van der Waals surface area contributed by atoms with Gasteiger partial charge in [0.15, 0.2) is 0 Å². The third kappa shape index (κ3) is 2.99. The molecule has 23 heavy (non-hydrogen) atoms. The summed E-state index contributed by atoms with van der Waals surface area (Å²) in [5, 5.41) is 20.8. The number of hydrogen-bond donors (Lipinski definition) is 1. The number of aliphatic imine (C=N–C) groups is 1. The maximum atomic E-state index is 12.0. The molecule has 2 rings (SSSR count). The number of nitrogens with zero attached hydrogens (tertiary/aromatic N) is 4. The second-order valence-electron chi connectivity index (χ2n) is 4.59. The fraction of sp³-hybridized carbons (Fsp3) is 0.154. The van der Waals surface area contributed by atoms with E-state index in [9.17, 15) is 24.8 Å². The van der Waals surface area contributed by atoms with E-state index in [1.165, 1.54) is 26.2 Å². The minimum atomic E-state index is -0.754. The topological polar surface area (TPSA) is 120 Å². The first-order chi connectivity index (χ1) is 10.7. The van der Waals surface area contributed by atoms with Crippen molar-refractivity contribution >= 4 is 29.2 Å². The zero-order valence-corrected chi connectivity index (χ0v) is 12.8. The first kappa shape index (κ1) is 16.4. The zero-order chi connectivity index (χ0) is 17.3. The van der Waals surface area contributed by atoms with Crippen molar-refractivity contribution in [3.05, 3.63) is 59.7 Å². The van der Waals surface area contributed by atoms with Crippen LogP contribution in [0.5, 0.6) is 5.88 Å². The maximum Gasteiger partial charge on any atom is 0.333 e. The lowest BCUT2D eigenvalue weighted by atomic mass is 10.2. The Morgan fingerprint density at radius 3 is 2.57 bits per heavy atom. The predicted octanol–water partition coefficient (Wildman–Crippen LogP) is 1.10. The van der Waals surface area contributed by atoms with Gasteiger partial charge in [-0.05, 0) is 6.07 Å². The number of hydrogen-bond acceptors (Lipinski definition) is 6. The molecule has 0 atom stereocenters. The summed E-state index contributed by atoms with van der Waals surface area (Å²) in [6, 6.07) is 3.64. The summed E-state index contributed by atoms with van der Waals surface area (Å²) < 4.78 is 1.67. The third-order valence-corrected chi connectivity index (χ3v) is 3.46. The van der Waals surface area contributed by atoms with Gasteiger partial charge in [0.25, 0.3) is 11.2 Å². The Kier molecular flexibility index (Phi) is 4.32. The van der Waals surface area contributed by atoms with E-state index in [-0.39, 0.29) is 22.0 Å². The highest BCUT2D eigenvalue weighted by Gasteiger charge is 2.14. The van der Waals surface area contributed by atoms with Crippen molar-refractivity contribution in [1.29, 1.82) is 0 Å². The summed E-state index contributed by atoms with van der Waals surface area (Å²) in [5.74, 6) is -0.566. The average molecular weight is 339 g/mol. The van der Waals surface area contributed by atoms with Crippen molar-refractivity contribution in [2.24, 2.45) is 19.1 Å². The van der Waals surface area contributed by atoms with Gasteiger partial charge in [0.1, 0.15) is 5.56 Å². The van der Waals surface area contributed by atoms with Gasteiger partial charge < -0.3 is 5.11 Å². The molecule has 0 bridgehead atoms. The molecular formula is C13H11ClN4O5. The molecule has 0 unspecified atom stereocenters. The lowest BCUT2D eigenvalue weighted by Gasteiger charge is -2.07. The second-order valence-corrected chi connectivity index (χ2v) is 5.00. The normalized spacial score (nSPS) is 11.1. The number of aromatic hydroxyl groups is 1. The van der Waals surface area contributed by atoms with E-state index in [1.807, 2.05) is 0 Å². The van der Waals surface area contributed by atoms with E-state index in [4.69, 9.17) is 11.6 Å². The number of halogens is 1. The van der Waals surface area contributed by atoms with Gasteiger partial charge in [-0.1, -0.05) is 11.6 Å². The maximum absolute atomic E-state index is 12.0. The van der Waals surface area contributed by atoms with Crippen molar-refractivity contribution in [3.63, 3.8) is 0 Å². The molecule has 1 aromatic heterocycles. The lowest BCUT2D eigenvalue weighted by molar-refractivity contribution is -0.384. The molecule has 10 heteroatoms. The van der Waals surface area contributed by atoms with Crippen LogP contribution in [0.15, 0.2) is 32.8 Å². The predicted molar refractivity (Wildman–Crippen MR) is 83.9 cm³/mol. The monoisotopic (exact) mass is 338 g/mol. The van der Waals surface area contributed by atoms with Gasteiger partial charge >= 0.3 is 5.69 Å². The van der Waals surface area contributed by atoms with Gasteiger partial charge in [0.05, 0.1) is 15.6 Å². The van der Waals surface area contributed by atoms with Crippen molar-refractivity contribution < 1.29 is 10.0 Å². The van der Waals surface area contributed by atoms with E-state index < -0.39 is 22.1 Å². The van der Waals surface area contributed by atoms with Crippen molar-refractivity contribution in [2.75, 3.05) is 0 Å². The molecular weight excluding hydrogens is 328 g/mol. The number of rotatable bonds is 3. The van der Waals surface area contributed by atoms with Crippen LogP contribution in [0.4, 0.5) is 11.4 Å². The first-order valence-corrected chi connectivity index (χ1v) is 6.58. The van der Waals surface area contributed by atoms with Crippen LogP contribution in [0.3, 0.4) is 0 Å². The molecule has 0 fully saturated rings. The fourth-order valence-electron chi connectivity index (χ4n) is 1.82. The second kappa shape index (κ2) is 6.05. The molecule has 0 saturated heterocycles. The molecule has 0 saturated carbocycles. The standard InChI is InChI=1S/C13H11ClN4O5/c1-16-11(19)8(12(20)17(2)13(16)21)6-15-10-5-7(18(22)23)3-4-9(10)14/h3-6,19H,1-2H3. The molecule has 0 radical (unpaired) electrons. The summed E-state index contributed by atoms with van der Waals surface area (Å²) >= 11 is 5.90. The average Bonchev–Trinajstić information content (AvgIpc) is 2.52. The summed E-state index contributed by atoms with van der Waals surface area (Å²) in [6.07, 6.45) is 1.00. The summed E-state index contributed by atoms with van der Waals surface area (Å²) in [6.45, 7) is 0. The molecule has 9 nitrogen and oxygen atoms in total. The van der Waals surface area contributed by atoms with Crippen LogP contribution in [0.1, 0.15) is 5.56 Å². The van der Waals surface area contributed by atoms with E-state index in [2.05, 4.69) is 4.99 Å². The van der Waals surface area contributed by atoms with Crippen molar-refractivity contribution in [1.82, 2.24) is 9.13 Å². The van der Waals surface area contributed by atoms with Crippen molar-refractivity contribution in [3.8, 4) is 5.88 Å². The van der Waals surface area contributed by atoms with Gasteiger partial charge in [-0.2, -0.15) is 0 Å². The Balaban J connectivity index is 2.59. The highest BCUT2D eigenvalue weighted by atomic mass is 35.5. The molecule has 0 spiro atoms. The Morgan fingerprint density at radius 2 is 1.96 bits per heavy atom.